The van der Waals surface area contributed by atoms with Gasteiger partial charge in [-0.15, -0.1) is 0 Å². The van der Waals surface area contributed by atoms with Crippen molar-refractivity contribution in [3.05, 3.63) is 41.2 Å². The summed E-state index contributed by atoms with van der Waals surface area (Å²) in [6.07, 6.45) is 1.42. The second-order valence-electron chi connectivity index (χ2n) is 5.42. The number of urea groups is 1. The number of para-hydroxylation sites is 1. The molecule has 1 heterocycles. The summed E-state index contributed by atoms with van der Waals surface area (Å²) in [5, 5.41) is 7.12. The second-order valence-corrected chi connectivity index (χ2v) is 5.83. The largest absolute Gasteiger partial charge is 0.487 e. The van der Waals surface area contributed by atoms with Crippen LogP contribution in [0.25, 0.3) is 0 Å². The van der Waals surface area contributed by atoms with E-state index in [-0.39, 0.29) is 18.2 Å². The van der Waals surface area contributed by atoms with E-state index >= 15 is 0 Å². The van der Waals surface area contributed by atoms with Gasteiger partial charge in [-0.25, -0.2) is 4.79 Å². The van der Waals surface area contributed by atoms with Crippen molar-refractivity contribution in [3.63, 3.8) is 0 Å². The summed E-state index contributed by atoms with van der Waals surface area (Å²) in [6, 6.07) is 6.42. The van der Waals surface area contributed by atoms with Crippen molar-refractivity contribution >= 4 is 23.3 Å². The third kappa shape index (κ3) is 4.16. The zero-order valence-corrected chi connectivity index (χ0v) is 14.3. The van der Waals surface area contributed by atoms with Crippen molar-refractivity contribution in [2.24, 2.45) is 0 Å². The molecule has 2 rings (SSSR count). The lowest BCUT2D eigenvalue weighted by Gasteiger charge is -2.24. The zero-order chi connectivity index (χ0) is 17.0. The molecule has 0 bridgehead atoms. The number of carbonyl (C=O) groups is 1. The van der Waals surface area contributed by atoms with Crippen molar-refractivity contribution in [2.45, 2.75) is 32.9 Å². The van der Waals surface area contributed by atoms with Gasteiger partial charge in [-0.05, 0) is 32.9 Å². The molecule has 0 saturated carbocycles. The maximum absolute atomic E-state index is 12.5. The van der Waals surface area contributed by atoms with Gasteiger partial charge in [0.2, 0.25) is 0 Å². The summed E-state index contributed by atoms with van der Waals surface area (Å²) >= 11 is 6.17. The summed E-state index contributed by atoms with van der Waals surface area (Å²) < 4.78 is 10.5. The highest BCUT2D eigenvalue weighted by atomic mass is 35.5. The van der Waals surface area contributed by atoms with E-state index in [1.807, 2.05) is 20.8 Å². The fraction of sp³-hybridized carbons (Fsp3) is 0.375. The first kappa shape index (κ1) is 17.1. The van der Waals surface area contributed by atoms with E-state index in [1.165, 1.54) is 11.2 Å². The first-order valence-electron chi connectivity index (χ1n) is 7.29. The molecule has 124 valence electrons. The van der Waals surface area contributed by atoms with Crippen molar-refractivity contribution in [1.29, 1.82) is 0 Å². The van der Waals surface area contributed by atoms with Crippen LogP contribution in [0.1, 0.15) is 32.5 Å². The molecule has 1 aromatic carbocycles. The Bertz CT molecular complexity index is 659. The highest BCUT2D eigenvalue weighted by molar-refractivity contribution is 6.32. The topological polar surface area (TPSA) is 67.6 Å². The number of ether oxygens (including phenoxy) is 1. The van der Waals surface area contributed by atoms with Crippen LogP contribution >= 0.6 is 11.6 Å². The first-order valence-corrected chi connectivity index (χ1v) is 7.67. The number of hydrogen-bond donors (Lipinski definition) is 1. The smallest absolute Gasteiger partial charge is 0.322 e. The molecule has 1 atom stereocenters. The lowest BCUT2D eigenvalue weighted by molar-refractivity contribution is 0.205. The maximum atomic E-state index is 12.5. The summed E-state index contributed by atoms with van der Waals surface area (Å²) in [7, 11) is 1.68. The SMILES string of the molecule is CC(C)Oc1c(Cl)cccc1NC(=O)N(C)C(C)c1ccon1. The molecule has 0 fully saturated rings. The highest BCUT2D eigenvalue weighted by Crippen LogP contribution is 2.34. The Balaban J connectivity index is 2.15. The minimum absolute atomic E-state index is 0.0580. The molecule has 0 spiro atoms. The third-order valence-corrected chi connectivity index (χ3v) is 3.65. The zero-order valence-electron chi connectivity index (χ0n) is 13.5. The Morgan fingerprint density at radius 2 is 2.09 bits per heavy atom. The molecule has 1 aromatic heterocycles. The first-order chi connectivity index (χ1) is 10.9. The fourth-order valence-corrected chi connectivity index (χ4v) is 2.20. The van der Waals surface area contributed by atoms with E-state index in [2.05, 4.69) is 10.5 Å². The minimum atomic E-state index is -0.295. The molecule has 1 N–H and O–H groups in total. The van der Waals surface area contributed by atoms with Crippen LogP contribution in [-0.4, -0.2) is 29.2 Å². The van der Waals surface area contributed by atoms with Crippen LogP contribution in [0, 0.1) is 0 Å². The number of benzene rings is 1. The van der Waals surface area contributed by atoms with Gasteiger partial charge in [0.1, 0.15) is 12.0 Å². The van der Waals surface area contributed by atoms with Crippen molar-refractivity contribution in [3.8, 4) is 5.75 Å². The Kier molecular flexibility index (Phi) is 5.50. The normalized spacial score (nSPS) is 12.1. The number of hydrogen-bond acceptors (Lipinski definition) is 4. The molecule has 1 unspecified atom stereocenters. The molecule has 0 radical (unpaired) electrons. The quantitative estimate of drug-likeness (QED) is 0.881. The monoisotopic (exact) mass is 337 g/mol. The van der Waals surface area contributed by atoms with E-state index < -0.39 is 0 Å². The lowest BCUT2D eigenvalue weighted by atomic mass is 10.2. The average Bonchev–Trinajstić information content (AvgIpc) is 3.03. The van der Waals surface area contributed by atoms with Crippen LogP contribution in [-0.2, 0) is 0 Å². The van der Waals surface area contributed by atoms with Gasteiger partial charge in [0.25, 0.3) is 0 Å². The Morgan fingerprint density at radius 3 is 2.70 bits per heavy atom. The second kappa shape index (κ2) is 7.37. The number of rotatable bonds is 5. The van der Waals surface area contributed by atoms with Gasteiger partial charge in [-0.1, -0.05) is 22.8 Å². The molecule has 6 nitrogen and oxygen atoms in total. The van der Waals surface area contributed by atoms with Crippen LogP contribution in [0.2, 0.25) is 5.02 Å². The number of aromatic nitrogens is 1. The van der Waals surface area contributed by atoms with Gasteiger partial charge in [0.15, 0.2) is 5.75 Å². The summed E-state index contributed by atoms with van der Waals surface area (Å²) in [6.45, 7) is 5.66. The van der Waals surface area contributed by atoms with Gasteiger partial charge >= 0.3 is 6.03 Å². The Morgan fingerprint density at radius 1 is 1.35 bits per heavy atom. The standard InChI is InChI=1S/C16H20ClN3O3/c1-10(2)23-15-12(17)6-5-7-14(15)18-16(21)20(4)11(3)13-8-9-22-19-13/h5-11H,1-4H3,(H,18,21). The summed E-state index contributed by atoms with van der Waals surface area (Å²) in [5.74, 6) is 0.458. The predicted molar refractivity (Wildman–Crippen MR) is 88.9 cm³/mol. The van der Waals surface area contributed by atoms with Gasteiger partial charge < -0.3 is 19.5 Å². The Hall–Kier alpha value is -2.21. The van der Waals surface area contributed by atoms with Crippen LogP contribution in [0.3, 0.4) is 0 Å². The molecular weight excluding hydrogens is 318 g/mol. The van der Waals surface area contributed by atoms with Crippen molar-refractivity contribution in [2.75, 3.05) is 12.4 Å². The van der Waals surface area contributed by atoms with Crippen LogP contribution < -0.4 is 10.1 Å². The maximum Gasteiger partial charge on any atom is 0.322 e. The molecule has 0 saturated heterocycles. The van der Waals surface area contributed by atoms with Gasteiger partial charge in [-0.3, -0.25) is 0 Å². The molecule has 2 amide bonds. The molecule has 0 aliphatic rings. The van der Waals surface area contributed by atoms with Crippen LogP contribution in [0.4, 0.5) is 10.5 Å². The van der Waals surface area contributed by atoms with E-state index in [1.54, 1.807) is 31.3 Å². The number of nitrogens with one attached hydrogen (secondary N) is 1. The van der Waals surface area contributed by atoms with Crippen LogP contribution in [0.15, 0.2) is 35.1 Å². The number of anilines is 1. The van der Waals surface area contributed by atoms with Gasteiger partial charge in [0, 0.05) is 13.1 Å². The number of nitrogens with zero attached hydrogens (tertiary/aromatic N) is 2. The number of amides is 2. The molecule has 0 aliphatic carbocycles. The summed E-state index contributed by atoms with van der Waals surface area (Å²) in [5.41, 5.74) is 1.20. The third-order valence-electron chi connectivity index (χ3n) is 3.35. The van der Waals surface area contributed by atoms with E-state index in [0.717, 1.165) is 0 Å². The van der Waals surface area contributed by atoms with Crippen molar-refractivity contribution < 1.29 is 14.1 Å². The molecule has 2 aromatic rings. The van der Waals surface area contributed by atoms with Crippen molar-refractivity contribution in [1.82, 2.24) is 10.1 Å². The van der Waals surface area contributed by atoms with E-state index in [4.69, 9.17) is 20.9 Å². The Labute approximate surface area is 140 Å². The average molecular weight is 338 g/mol. The van der Waals surface area contributed by atoms with E-state index in [0.29, 0.717) is 22.2 Å². The van der Waals surface area contributed by atoms with Gasteiger partial charge in [0.05, 0.1) is 22.9 Å². The lowest BCUT2D eigenvalue weighted by Crippen LogP contribution is -2.34. The molecule has 7 heteroatoms. The number of carbonyl (C=O) groups excluding carboxylic acids is 1. The van der Waals surface area contributed by atoms with E-state index in [9.17, 15) is 4.79 Å². The van der Waals surface area contributed by atoms with Crippen LogP contribution in [0.5, 0.6) is 5.75 Å². The van der Waals surface area contributed by atoms with Gasteiger partial charge in [-0.2, -0.15) is 0 Å². The predicted octanol–water partition coefficient (Wildman–Crippen LogP) is 4.34. The fourth-order valence-electron chi connectivity index (χ4n) is 1.98. The number of halogens is 1. The molecular formula is C16H20ClN3O3. The molecule has 0 aliphatic heterocycles. The molecule has 23 heavy (non-hydrogen) atoms. The summed E-state index contributed by atoms with van der Waals surface area (Å²) in [4.78, 5) is 14.0. The highest BCUT2D eigenvalue weighted by Gasteiger charge is 2.21. The minimum Gasteiger partial charge on any atom is -0.487 e.